The lowest BCUT2D eigenvalue weighted by atomic mass is 9.97. The zero-order chi connectivity index (χ0) is 21.9. The summed E-state index contributed by atoms with van der Waals surface area (Å²) in [6.45, 7) is 1.28. The predicted octanol–water partition coefficient (Wildman–Crippen LogP) is 4.02. The van der Waals surface area contributed by atoms with Crippen LogP contribution in [0.3, 0.4) is 0 Å². The minimum atomic E-state index is -3.84. The molecule has 3 rings (SSSR count). The van der Waals surface area contributed by atoms with Gasteiger partial charge in [0.05, 0.1) is 5.71 Å². The Morgan fingerprint density at radius 1 is 1.30 bits per heavy atom. The van der Waals surface area contributed by atoms with Gasteiger partial charge in [-0.1, -0.05) is 51.4 Å². The van der Waals surface area contributed by atoms with E-state index >= 15 is 0 Å². The molecule has 2 aromatic carbocycles. The van der Waals surface area contributed by atoms with Gasteiger partial charge < -0.3 is 9.57 Å². The van der Waals surface area contributed by atoms with Gasteiger partial charge in [0.25, 0.3) is 0 Å². The Labute approximate surface area is 183 Å². The van der Waals surface area contributed by atoms with Crippen molar-refractivity contribution >= 4 is 37.4 Å². The van der Waals surface area contributed by atoms with Gasteiger partial charge in [-0.25, -0.2) is 12.8 Å². The maximum absolute atomic E-state index is 14.2. The number of ether oxygens (including phenoxy) is 1. The number of rotatable bonds is 7. The van der Waals surface area contributed by atoms with Gasteiger partial charge in [-0.15, -0.1) is 0 Å². The van der Waals surface area contributed by atoms with Gasteiger partial charge in [0, 0.05) is 29.1 Å². The fraction of sp³-hybridized carbons (Fsp3) is 0.333. The maximum Gasteiger partial charge on any atom is 0.327 e. The molecule has 0 aromatic heterocycles. The molecule has 0 N–H and O–H groups in total. The minimum absolute atomic E-state index is 0.0395. The van der Waals surface area contributed by atoms with Crippen LogP contribution >= 0.6 is 15.9 Å². The van der Waals surface area contributed by atoms with Gasteiger partial charge in [0.2, 0.25) is 0 Å². The number of hydrogen-bond acceptors (Lipinski definition) is 6. The molecule has 160 valence electrons. The summed E-state index contributed by atoms with van der Waals surface area (Å²) in [6, 6.07) is 13.5. The molecule has 30 heavy (non-hydrogen) atoms. The van der Waals surface area contributed by atoms with Gasteiger partial charge in [-0.2, -0.15) is 0 Å². The number of sulfone groups is 1. The molecule has 2 atom stereocenters. The third kappa shape index (κ3) is 4.89. The second kappa shape index (κ2) is 8.85. The van der Waals surface area contributed by atoms with Crippen LogP contribution in [0.2, 0.25) is 0 Å². The molecule has 0 bridgehead atoms. The average molecular weight is 498 g/mol. The Morgan fingerprint density at radius 3 is 2.63 bits per heavy atom. The summed E-state index contributed by atoms with van der Waals surface area (Å²) in [7, 11) is -3.84. The highest BCUT2D eigenvalue weighted by Crippen LogP contribution is 2.31. The van der Waals surface area contributed by atoms with Crippen molar-refractivity contribution < 1.29 is 27.2 Å². The number of carbonyl (C=O) groups is 1. The summed E-state index contributed by atoms with van der Waals surface area (Å²) in [4.78, 5) is 18.1. The number of esters is 1. The lowest BCUT2D eigenvalue weighted by Gasteiger charge is -2.27. The van der Waals surface area contributed by atoms with Crippen molar-refractivity contribution in [3.8, 4) is 0 Å². The van der Waals surface area contributed by atoms with Crippen LogP contribution in [0.25, 0.3) is 0 Å². The van der Waals surface area contributed by atoms with Gasteiger partial charge in [0.1, 0.15) is 18.5 Å². The number of carbonyl (C=O) groups excluding carboxylic acids is 1. The summed E-state index contributed by atoms with van der Waals surface area (Å²) in [5.74, 6) is -1.33. The summed E-state index contributed by atoms with van der Waals surface area (Å²) < 4.78 is 43.2. The molecule has 0 amide bonds. The van der Waals surface area contributed by atoms with E-state index in [0.29, 0.717) is 10.2 Å². The lowest BCUT2D eigenvalue weighted by molar-refractivity contribution is -0.148. The van der Waals surface area contributed by atoms with Crippen LogP contribution in [-0.2, 0) is 30.8 Å². The number of nitrogens with zero attached hydrogens (tertiary/aromatic N) is 1. The van der Waals surface area contributed by atoms with Crippen molar-refractivity contribution in [3.05, 3.63) is 69.9 Å². The molecular weight excluding hydrogens is 477 g/mol. The second-order valence-electron chi connectivity index (χ2n) is 7.36. The number of oxime groups is 1. The van der Waals surface area contributed by atoms with Gasteiger partial charge >= 0.3 is 5.97 Å². The zero-order valence-corrected chi connectivity index (χ0v) is 18.9. The third-order valence-corrected chi connectivity index (χ3v) is 7.52. The fourth-order valence-corrected chi connectivity index (χ4v) is 4.30. The SMILES string of the molecule is C[C@@](C[C@@H]1CC(c2ccc(Br)cc2F)=NO1)(C(=O)OCc1ccccc1)S(C)(=O)=O. The first-order valence-electron chi connectivity index (χ1n) is 9.19. The fourth-order valence-electron chi connectivity index (χ4n) is 3.12. The second-order valence-corrected chi connectivity index (χ2v) is 10.7. The zero-order valence-electron chi connectivity index (χ0n) is 16.5. The predicted molar refractivity (Wildman–Crippen MR) is 114 cm³/mol. The summed E-state index contributed by atoms with van der Waals surface area (Å²) in [5.41, 5.74) is 1.38. The Bertz CT molecular complexity index is 1070. The first-order valence-corrected chi connectivity index (χ1v) is 11.9. The van der Waals surface area contributed by atoms with Gasteiger partial charge in [-0.05, 0) is 30.7 Å². The quantitative estimate of drug-likeness (QED) is 0.539. The van der Waals surface area contributed by atoms with Crippen LogP contribution < -0.4 is 0 Å². The van der Waals surface area contributed by atoms with E-state index in [2.05, 4.69) is 21.1 Å². The van der Waals surface area contributed by atoms with Crippen LogP contribution in [0.15, 0.2) is 58.2 Å². The van der Waals surface area contributed by atoms with E-state index in [1.54, 1.807) is 36.4 Å². The molecule has 1 heterocycles. The largest absolute Gasteiger partial charge is 0.460 e. The average Bonchev–Trinajstić information content (AvgIpc) is 3.13. The van der Waals surface area contributed by atoms with Crippen molar-refractivity contribution in [1.29, 1.82) is 0 Å². The van der Waals surface area contributed by atoms with Crippen molar-refractivity contribution in [2.24, 2.45) is 5.16 Å². The molecule has 1 aliphatic heterocycles. The van der Waals surface area contributed by atoms with E-state index in [9.17, 15) is 17.6 Å². The van der Waals surface area contributed by atoms with E-state index in [0.717, 1.165) is 11.8 Å². The van der Waals surface area contributed by atoms with E-state index in [1.807, 2.05) is 6.07 Å². The van der Waals surface area contributed by atoms with E-state index in [1.165, 1.54) is 13.0 Å². The van der Waals surface area contributed by atoms with E-state index < -0.39 is 32.5 Å². The van der Waals surface area contributed by atoms with Crippen molar-refractivity contribution in [2.45, 2.75) is 37.2 Å². The molecule has 0 fully saturated rings. The Hall–Kier alpha value is -2.26. The normalized spacial score (nSPS) is 18.3. The first-order chi connectivity index (χ1) is 14.1. The number of hydrogen-bond donors (Lipinski definition) is 0. The van der Waals surface area contributed by atoms with Crippen LogP contribution in [0.5, 0.6) is 0 Å². The van der Waals surface area contributed by atoms with Crippen LogP contribution in [-0.4, -0.2) is 37.2 Å². The Morgan fingerprint density at radius 2 is 2.00 bits per heavy atom. The van der Waals surface area contributed by atoms with Crippen LogP contribution in [0, 0.1) is 5.82 Å². The van der Waals surface area contributed by atoms with Crippen molar-refractivity contribution in [1.82, 2.24) is 0 Å². The van der Waals surface area contributed by atoms with Crippen molar-refractivity contribution in [2.75, 3.05) is 6.26 Å². The number of halogens is 2. The first kappa shape index (κ1) is 22.4. The number of benzene rings is 2. The van der Waals surface area contributed by atoms with Crippen LogP contribution in [0.4, 0.5) is 4.39 Å². The highest BCUT2D eigenvalue weighted by Gasteiger charge is 2.48. The van der Waals surface area contributed by atoms with E-state index in [-0.39, 0.29) is 25.0 Å². The topological polar surface area (TPSA) is 82.0 Å². The molecule has 0 saturated carbocycles. The molecule has 1 aliphatic rings. The van der Waals surface area contributed by atoms with Gasteiger partial charge in [0.15, 0.2) is 14.6 Å². The van der Waals surface area contributed by atoms with E-state index in [4.69, 9.17) is 9.57 Å². The molecule has 6 nitrogen and oxygen atoms in total. The highest BCUT2D eigenvalue weighted by atomic mass is 79.9. The molecule has 0 spiro atoms. The smallest absolute Gasteiger partial charge is 0.327 e. The summed E-state index contributed by atoms with van der Waals surface area (Å²) >= 11 is 3.20. The van der Waals surface area contributed by atoms with Gasteiger partial charge in [-0.3, -0.25) is 4.79 Å². The summed E-state index contributed by atoms with van der Waals surface area (Å²) in [6.07, 6.45) is 0.300. The molecule has 0 aliphatic carbocycles. The maximum atomic E-state index is 14.2. The molecular formula is C21H21BrFNO5S. The molecule has 0 radical (unpaired) electrons. The summed E-state index contributed by atoms with van der Waals surface area (Å²) in [5, 5.41) is 3.91. The standard InChI is InChI=1S/C21H21BrFNO5S/c1-21(30(2,26)27,20(25)28-13-14-6-4-3-5-7-14)12-16-11-19(24-29-16)17-9-8-15(22)10-18(17)23/h3-10,16H,11-13H2,1-2H3/t16-,21+/m0/s1. The third-order valence-electron chi connectivity index (χ3n) is 5.06. The molecule has 0 unspecified atom stereocenters. The highest BCUT2D eigenvalue weighted by molar-refractivity contribution is 9.10. The lowest BCUT2D eigenvalue weighted by Crippen LogP contribution is -2.46. The molecule has 0 saturated heterocycles. The van der Waals surface area contributed by atoms with Crippen molar-refractivity contribution in [3.63, 3.8) is 0 Å². The Balaban J connectivity index is 1.71. The molecule has 2 aromatic rings. The molecule has 9 heteroatoms. The monoisotopic (exact) mass is 497 g/mol. The Kier molecular flexibility index (Phi) is 6.62. The minimum Gasteiger partial charge on any atom is -0.460 e. The van der Waals surface area contributed by atoms with Crippen LogP contribution in [0.1, 0.15) is 30.9 Å².